The van der Waals surface area contributed by atoms with Gasteiger partial charge in [0.25, 0.3) is 30.4 Å². The molecule has 0 rings (SSSR count). The zero-order valence-corrected chi connectivity index (χ0v) is 38.9. The van der Waals surface area contributed by atoms with Gasteiger partial charge in [-0.1, -0.05) is 0 Å². The molecule has 0 aromatic rings. The largest absolute Gasteiger partial charge is 0.481 e. The number of carboxylic acid groups (broad SMARTS) is 5. The van der Waals surface area contributed by atoms with Crippen LogP contribution < -0.4 is 37.2 Å². The van der Waals surface area contributed by atoms with Crippen LogP contribution in [0.25, 0.3) is 0 Å². The van der Waals surface area contributed by atoms with Crippen molar-refractivity contribution < 1.29 is 132 Å². The van der Waals surface area contributed by atoms with Crippen LogP contribution in [0.4, 0.5) is 0 Å². The second-order valence-electron chi connectivity index (χ2n) is 14.9. The van der Waals surface area contributed by atoms with Crippen molar-refractivity contribution >= 4 is 113 Å². The van der Waals surface area contributed by atoms with E-state index >= 15 is 0 Å². The van der Waals surface area contributed by atoms with Gasteiger partial charge >= 0.3 is 29.8 Å². The summed E-state index contributed by atoms with van der Waals surface area (Å²) >= 11 is 0. The van der Waals surface area contributed by atoms with Crippen LogP contribution >= 0.6 is 0 Å². The Hall–Kier alpha value is -7.29. The summed E-state index contributed by atoms with van der Waals surface area (Å²) in [6.07, 6.45) is -7.01. The lowest BCUT2D eigenvalue weighted by atomic mass is 9.94. The molecule has 15 N–H and O–H groups in total. The van der Waals surface area contributed by atoms with Gasteiger partial charge in [0.1, 0.15) is 71.1 Å². The Labute approximate surface area is 398 Å². The van der Waals surface area contributed by atoms with Crippen LogP contribution in [0.5, 0.6) is 0 Å². The smallest absolute Gasteiger partial charge is 0.327 e. The molecule has 1 unspecified atom stereocenters. The van der Waals surface area contributed by atoms with E-state index in [1.165, 1.54) is 16.0 Å². The first-order valence-corrected chi connectivity index (χ1v) is 24.1. The minimum absolute atomic E-state index is 0.436. The average Bonchev–Trinajstić information content (AvgIpc) is 3.16. The van der Waals surface area contributed by atoms with E-state index < -0.39 is 217 Å². The van der Waals surface area contributed by atoms with Gasteiger partial charge in [0, 0.05) is 18.8 Å². The van der Waals surface area contributed by atoms with Gasteiger partial charge in [-0.15, -0.1) is 0 Å². The minimum Gasteiger partial charge on any atom is -0.481 e. The van der Waals surface area contributed by atoms with Crippen molar-refractivity contribution in [2.75, 3.05) is 17.3 Å². The molecule has 0 aromatic carbocycles. The highest BCUT2D eigenvalue weighted by Gasteiger charge is 2.38. The first-order valence-electron chi connectivity index (χ1n) is 19.3. The molecule has 71 heavy (non-hydrogen) atoms. The van der Waals surface area contributed by atoms with E-state index in [4.69, 9.17) is 4.55 Å². The van der Waals surface area contributed by atoms with E-state index in [0.717, 1.165) is 13.8 Å². The molecule has 0 spiro atoms. The summed E-state index contributed by atoms with van der Waals surface area (Å²) in [5, 5.41) is 58.2. The summed E-state index contributed by atoms with van der Waals surface area (Å²) in [7, 11) is -16.1. The second-order valence-corrected chi connectivity index (χ2v) is 19.4. The molecule has 8 atom stereocenters. The van der Waals surface area contributed by atoms with Crippen molar-refractivity contribution in [3.8, 4) is 0 Å². The highest BCUT2D eigenvalue weighted by atomic mass is 32.2. The van der Waals surface area contributed by atoms with Gasteiger partial charge in [-0.05, 0) is 13.8 Å². The summed E-state index contributed by atoms with van der Waals surface area (Å²) in [5.74, 6) is -30.3. The van der Waals surface area contributed by atoms with E-state index in [1.54, 1.807) is 16.0 Å². The number of carbonyl (C=O) groups excluding carboxylic acids is 9. The van der Waals surface area contributed by atoms with Gasteiger partial charge < -0.3 is 67.5 Å². The molecule has 0 aliphatic carbocycles. The molecule has 0 aromatic heterocycles. The van der Waals surface area contributed by atoms with E-state index in [2.05, 4.69) is 0 Å². The van der Waals surface area contributed by atoms with Crippen molar-refractivity contribution in [1.82, 2.24) is 37.2 Å². The van der Waals surface area contributed by atoms with Crippen molar-refractivity contribution in [3.63, 3.8) is 0 Å². The molecule has 0 bridgehead atoms. The molecule has 0 fully saturated rings. The number of amides is 7. The molecule has 0 aliphatic heterocycles. The summed E-state index contributed by atoms with van der Waals surface area (Å²) < 4.78 is 97.2. The van der Waals surface area contributed by atoms with Crippen molar-refractivity contribution in [2.24, 2.45) is 5.92 Å². The molecular formula is C33H47N7O28S3. The number of Topliss-reactive ketones (excluding diaryl/α,β-unsaturated/α-hetero) is 2. The maximum Gasteiger partial charge on any atom is 0.327 e. The molecule has 38 heteroatoms. The van der Waals surface area contributed by atoms with Crippen LogP contribution in [0.1, 0.15) is 52.4 Å². The van der Waals surface area contributed by atoms with Crippen LogP contribution in [-0.2, 0) is 97.5 Å². The quantitative estimate of drug-likeness (QED) is 0.0271. The maximum absolute atomic E-state index is 13.4. The van der Waals surface area contributed by atoms with Crippen LogP contribution in [0.3, 0.4) is 0 Å². The van der Waals surface area contributed by atoms with Gasteiger partial charge in [-0.3, -0.25) is 71.2 Å². The maximum atomic E-state index is 13.4. The van der Waals surface area contributed by atoms with Gasteiger partial charge in [0.2, 0.25) is 41.4 Å². The Kier molecular flexibility index (Phi) is 24.9. The highest BCUT2D eigenvalue weighted by Crippen LogP contribution is 2.12. The average molecular weight is 1090 g/mol. The standard InChI is InChI=1S/C33H47N7O28S3/c1-12(41)3-14(13(2)42)4-22(43)34-15(5-23(44)45)27(52)35-16(6-24(46)47)28(53)36-17(7-25(48)49)29(54)37-18(8-26(50)51)30(55)38-19(9-69(60,61)62)31(56)39-20(10-70(63,64)65)32(57)40-21(33(58)59)11-71(66,67)68/h14-21H,3-11H2,1-2H3,(H,34,43)(H,35,52)(H,36,53)(H,37,54)(H,38,55)(H,39,56)(H,40,57)(H,44,45)(H,46,47)(H,48,49)(H,50,51)(H,58,59)(H,60,61,62)(H,63,64,65)(H,66,67,68)/t14?,15-,16-,17-,18-,19-,20-,21-/m1/s1. The predicted molar refractivity (Wildman–Crippen MR) is 223 cm³/mol. The third-order valence-corrected chi connectivity index (χ3v) is 10.9. The van der Waals surface area contributed by atoms with Crippen LogP contribution in [0.15, 0.2) is 0 Å². The van der Waals surface area contributed by atoms with Gasteiger partial charge in [0.05, 0.1) is 25.7 Å². The Morgan fingerprint density at radius 2 is 0.592 bits per heavy atom. The molecule has 35 nitrogen and oxygen atoms in total. The molecule has 0 heterocycles. The fourth-order valence-corrected chi connectivity index (χ4v) is 7.48. The number of nitrogens with one attached hydrogen (secondary N) is 7. The highest BCUT2D eigenvalue weighted by molar-refractivity contribution is 7.86. The number of ketones is 2. The number of carbonyl (C=O) groups is 14. The number of rotatable bonds is 33. The SMILES string of the molecule is CC(=O)CC(CC(=O)N[C@H](CC(=O)O)C(=O)N[C@H](CC(=O)O)C(=O)N[C@H](CC(=O)O)C(=O)N[C@H](CC(=O)O)C(=O)N[C@H](CS(=O)(=O)O)C(=O)N[C@H](CS(=O)(=O)O)C(=O)N[C@H](CS(=O)(=O)O)C(=O)O)C(C)=O. The van der Waals surface area contributed by atoms with Crippen molar-refractivity contribution in [3.05, 3.63) is 0 Å². The summed E-state index contributed by atoms with van der Waals surface area (Å²) in [5.41, 5.74) is 0. The van der Waals surface area contributed by atoms with E-state index in [9.17, 15) is 127 Å². The van der Waals surface area contributed by atoms with E-state index in [1.807, 2.05) is 5.32 Å². The predicted octanol–water partition coefficient (Wildman–Crippen LogP) is -8.40. The van der Waals surface area contributed by atoms with Crippen molar-refractivity contribution in [1.29, 1.82) is 0 Å². The molecule has 0 saturated heterocycles. The summed E-state index contributed by atoms with van der Waals surface area (Å²) in [6, 6.07) is -17.8. The summed E-state index contributed by atoms with van der Waals surface area (Å²) in [4.78, 5) is 174. The number of aliphatic carboxylic acids is 5. The molecule has 7 amide bonds. The molecule has 0 aliphatic rings. The van der Waals surface area contributed by atoms with Crippen LogP contribution in [-0.4, -0.2) is 207 Å². The second kappa shape index (κ2) is 27.8. The third kappa shape index (κ3) is 27.5. The van der Waals surface area contributed by atoms with Gasteiger partial charge in [0.15, 0.2) is 0 Å². The van der Waals surface area contributed by atoms with Crippen LogP contribution in [0.2, 0.25) is 0 Å². The fourth-order valence-electron chi connectivity index (χ4n) is 5.53. The monoisotopic (exact) mass is 1090 g/mol. The Morgan fingerprint density at radius 1 is 0.352 bits per heavy atom. The van der Waals surface area contributed by atoms with Gasteiger partial charge in [-0.25, -0.2) is 4.79 Å². The normalized spacial score (nSPS) is 14.9. The van der Waals surface area contributed by atoms with E-state index in [0.29, 0.717) is 0 Å². The first kappa shape index (κ1) is 63.7. The Balaban J connectivity index is 6.83. The van der Waals surface area contributed by atoms with E-state index in [-0.39, 0.29) is 0 Å². The number of carboxylic acids is 5. The van der Waals surface area contributed by atoms with Crippen molar-refractivity contribution in [2.45, 2.75) is 94.7 Å². The lowest BCUT2D eigenvalue weighted by Gasteiger charge is -2.26. The minimum atomic E-state index is -5.50. The third-order valence-electron chi connectivity index (χ3n) is 8.62. The molecule has 0 saturated carbocycles. The zero-order valence-electron chi connectivity index (χ0n) is 36.5. The van der Waals surface area contributed by atoms with Crippen LogP contribution in [0, 0.1) is 5.92 Å². The Bertz CT molecular complexity index is 2480. The number of hydrogen-bond donors (Lipinski definition) is 15. The number of hydrogen-bond acceptors (Lipinski definition) is 20. The fraction of sp³-hybridized carbons (Fsp3) is 0.576. The zero-order chi connectivity index (χ0) is 55.5. The topological polar surface area (TPSA) is 587 Å². The van der Waals surface area contributed by atoms with Gasteiger partial charge in [-0.2, -0.15) is 25.3 Å². The Morgan fingerprint density at radius 3 is 0.831 bits per heavy atom. The first-order chi connectivity index (χ1) is 32.2. The molecular weight excluding hydrogens is 1040 g/mol. The molecule has 0 radical (unpaired) electrons. The molecule has 400 valence electrons. The lowest BCUT2D eigenvalue weighted by Crippen LogP contribution is -2.62. The lowest BCUT2D eigenvalue weighted by molar-refractivity contribution is -0.145. The summed E-state index contributed by atoms with van der Waals surface area (Å²) in [6.45, 7) is 2.11.